The van der Waals surface area contributed by atoms with E-state index in [0.29, 0.717) is 45.5 Å². The molecular weight excluding hydrogens is 550 g/mol. The lowest BCUT2D eigenvalue weighted by Gasteiger charge is -2.16. The van der Waals surface area contributed by atoms with Crippen molar-refractivity contribution in [3.05, 3.63) is 73.3 Å². The monoisotopic (exact) mass is 582 g/mol. The quantitative estimate of drug-likeness (QED) is 0.124. The molecule has 4 aromatic heterocycles. The number of aromatic nitrogens is 4. The van der Waals surface area contributed by atoms with E-state index in [1.54, 1.807) is 61.4 Å². The van der Waals surface area contributed by atoms with Crippen molar-refractivity contribution in [1.29, 1.82) is 0 Å². The Balaban J connectivity index is 1.69. The molecule has 41 heavy (non-hydrogen) atoms. The summed E-state index contributed by atoms with van der Waals surface area (Å²) in [7, 11) is 0.0414. The number of halogens is 1. The molecule has 0 aliphatic carbocycles. The first-order chi connectivity index (χ1) is 19.7. The largest absolute Gasteiger partial charge is 0.476 e. The number of likely N-dealkylation sites (N-methyl/N-ethyl adjacent to an activating group) is 1. The van der Waals surface area contributed by atoms with Gasteiger partial charge in [0.1, 0.15) is 12.4 Å². The predicted octanol–water partition coefficient (Wildman–Crippen LogP) is 5.51. The lowest BCUT2D eigenvalue weighted by Crippen LogP contribution is -2.13. The maximum Gasteiger partial charge on any atom is 0.476 e. The first-order valence-electron chi connectivity index (χ1n) is 12.9. The minimum atomic E-state index is -3.79. The minimum absolute atomic E-state index is 0.146. The molecule has 0 atom stereocenters. The van der Waals surface area contributed by atoms with Crippen LogP contribution in [0.15, 0.2) is 67.4 Å². The van der Waals surface area contributed by atoms with Gasteiger partial charge in [0, 0.05) is 65.6 Å². The van der Waals surface area contributed by atoms with Crippen LogP contribution in [0.25, 0.3) is 33.3 Å². The number of phosphoric ester groups is 1. The van der Waals surface area contributed by atoms with Crippen molar-refractivity contribution in [3.63, 3.8) is 0 Å². The second-order valence-corrected chi connectivity index (χ2v) is 10.8. The van der Waals surface area contributed by atoms with Gasteiger partial charge in [-0.15, -0.1) is 0 Å². The molecule has 0 radical (unpaired) electrons. The second-order valence-electron chi connectivity index (χ2n) is 9.13. The fraction of sp³-hybridized carbons (Fsp3) is 0.286. The Morgan fingerprint density at radius 1 is 1.05 bits per heavy atom. The molecule has 0 saturated heterocycles. The van der Waals surface area contributed by atoms with Gasteiger partial charge in [-0.1, -0.05) is 6.08 Å². The maximum absolute atomic E-state index is 14.1. The molecule has 4 rings (SSSR count). The number of phosphoric acid groups is 1. The first kappa shape index (κ1) is 30.2. The Bertz CT molecular complexity index is 1580. The average Bonchev–Trinajstić information content (AvgIpc) is 3.30. The average molecular weight is 583 g/mol. The molecule has 216 valence electrons. The van der Waals surface area contributed by atoms with Gasteiger partial charge in [-0.3, -0.25) is 23.3 Å². The van der Waals surface area contributed by atoms with Crippen molar-refractivity contribution in [3.8, 4) is 22.3 Å². The minimum Gasteiger partial charge on any atom is -0.321 e. The molecule has 11 nitrogen and oxygen atoms in total. The summed E-state index contributed by atoms with van der Waals surface area (Å²) in [6, 6.07) is 6.68. The number of nitrogens with one attached hydrogen (secondary N) is 1. The van der Waals surface area contributed by atoms with Crippen molar-refractivity contribution < 1.29 is 27.3 Å². The molecule has 0 bridgehead atoms. The Labute approximate surface area is 237 Å². The number of carbonyl (C=O) groups excluding carboxylic acids is 1. The highest BCUT2D eigenvalue weighted by Gasteiger charge is 2.26. The third kappa shape index (κ3) is 7.90. The van der Waals surface area contributed by atoms with E-state index in [1.165, 1.54) is 18.3 Å². The summed E-state index contributed by atoms with van der Waals surface area (Å²) in [4.78, 5) is 26.8. The topological polar surface area (TPSA) is 121 Å². The van der Waals surface area contributed by atoms with Crippen molar-refractivity contribution in [2.24, 2.45) is 0 Å². The number of carbonyl (C=O) groups is 1. The van der Waals surface area contributed by atoms with Crippen LogP contribution in [0.5, 0.6) is 0 Å². The number of hydrogen-bond acceptors (Lipinski definition) is 9. The first-order valence-corrected chi connectivity index (χ1v) is 14.4. The number of amides is 1. The van der Waals surface area contributed by atoms with Crippen LogP contribution in [0, 0.1) is 5.95 Å². The molecule has 1 N–H and O–H groups in total. The third-order valence-electron chi connectivity index (χ3n) is 5.76. The predicted molar refractivity (Wildman–Crippen MR) is 154 cm³/mol. The van der Waals surface area contributed by atoms with E-state index in [0.717, 1.165) is 0 Å². The van der Waals surface area contributed by atoms with Crippen molar-refractivity contribution in [2.75, 3.05) is 39.2 Å². The van der Waals surface area contributed by atoms with Gasteiger partial charge in [-0.25, -0.2) is 14.5 Å². The van der Waals surface area contributed by atoms with Gasteiger partial charge in [0.05, 0.1) is 25.1 Å². The highest BCUT2D eigenvalue weighted by atomic mass is 31.2. The van der Waals surface area contributed by atoms with Crippen molar-refractivity contribution in [2.45, 2.75) is 20.6 Å². The summed E-state index contributed by atoms with van der Waals surface area (Å²) in [5, 5.41) is 3.50. The zero-order valence-corrected chi connectivity index (χ0v) is 24.2. The van der Waals surface area contributed by atoms with E-state index in [-0.39, 0.29) is 25.9 Å². The van der Waals surface area contributed by atoms with E-state index in [4.69, 9.17) is 13.6 Å². The van der Waals surface area contributed by atoms with Gasteiger partial charge >= 0.3 is 7.82 Å². The van der Waals surface area contributed by atoms with Crippen molar-refractivity contribution >= 4 is 30.5 Å². The maximum atomic E-state index is 14.1. The lowest BCUT2D eigenvalue weighted by molar-refractivity contribution is -0.111. The number of anilines is 1. The van der Waals surface area contributed by atoms with E-state index >= 15 is 0 Å². The molecule has 0 spiro atoms. The fourth-order valence-corrected chi connectivity index (χ4v) is 5.13. The van der Waals surface area contributed by atoms with Crippen LogP contribution in [0.1, 0.15) is 13.8 Å². The van der Waals surface area contributed by atoms with E-state index in [2.05, 4.69) is 20.3 Å². The van der Waals surface area contributed by atoms with Gasteiger partial charge in [-0.05, 0) is 51.7 Å². The number of nitrogens with zero attached hydrogens (tertiary/aromatic N) is 5. The van der Waals surface area contributed by atoms with E-state index in [9.17, 15) is 13.8 Å². The van der Waals surface area contributed by atoms with Crippen LogP contribution < -0.4 is 5.32 Å². The van der Waals surface area contributed by atoms with Gasteiger partial charge in [0.15, 0.2) is 0 Å². The van der Waals surface area contributed by atoms with Gasteiger partial charge < -0.3 is 14.8 Å². The van der Waals surface area contributed by atoms with Crippen LogP contribution >= 0.6 is 7.82 Å². The van der Waals surface area contributed by atoms with Gasteiger partial charge in [0.2, 0.25) is 11.9 Å². The Morgan fingerprint density at radius 3 is 2.51 bits per heavy atom. The zero-order chi connectivity index (χ0) is 29.4. The summed E-state index contributed by atoms with van der Waals surface area (Å²) in [6.45, 7) is 4.13. The molecule has 13 heteroatoms. The Kier molecular flexibility index (Phi) is 10.1. The number of fused-ring (bicyclic) bond motifs is 1. The van der Waals surface area contributed by atoms with Crippen LogP contribution in [0.3, 0.4) is 0 Å². The summed E-state index contributed by atoms with van der Waals surface area (Å²) in [5.41, 5.74) is 3.68. The molecule has 4 aromatic rings. The molecule has 0 fully saturated rings. The molecule has 0 aliphatic rings. The second kappa shape index (κ2) is 13.7. The van der Waals surface area contributed by atoms with Crippen LogP contribution in [0.4, 0.5) is 10.1 Å². The highest BCUT2D eigenvalue weighted by molar-refractivity contribution is 7.48. The molecule has 0 saturated carbocycles. The smallest absolute Gasteiger partial charge is 0.321 e. The third-order valence-corrected chi connectivity index (χ3v) is 7.34. The fourth-order valence-electron chi connectivity index (χ4n) is 4.01. The summed E-state index contributed by atoms with van der Waals surface area (Å²) >= 11 is 0. The van der Waals surface area contributed by atoms with E-state index in [1.807, 2.05) is 25.1 Å². The molecule has 0 aliphatic heterocycles. The standard InChI is InChI=1S/C28H32FN6O5P/c1-5-38-41(37,39-6-2)40-19-35-18-25(20-9-10-31-26(29)14-20)24-13-22(16-32-28(24)35)21-12-23(17-30-15-21)33-27(36)8-7-11-34(3)4/h7-10,12-18H,5-6,11,19H2,1-4H3,(H,33,36). The van der Waals surface area contributed by atoms with Crippen LogP contribution in [0.2, 0.25) is 0 Å². The molecule has 0 unspecified atom stereocenters. The van der Waals surface area contributed by atoms with E-state index < -0.39 is 13.8 Å². The normalized spacial score (nSPS) is 12.0. The Morgan fingerprint density at radius 2 is 1.80 bits per heavy atom. The Hall–Kier alpha value is -3.80. The highest BCUT2D eigenvalue weighted by Crippen LogP contribution is 2.49. The lowest BCUT2D eigenvalue weighted by atomic mass is 10.0. The van der Waals surface area contributed by atoms with Crippen LogP contribution in [-0.4, -0.2) is 64.2 Å². The number of hydrogen-bond donors (Lipinski definition) is 1. The van der Waals surface area contributed by atoms with Crippen molar-refractivity contribution in [1.82, 2.24) is 24.4 Å². The summed E-state index contributed by atoms with van der Waals surface area (Å²) < 4.78 is 44.6. The number of pyridine rings is 3. The summed E-state index contributed by atoms with van der Waals surface area (Å²) in [6.07, 6.45) is 11.2. The summed E-state index contributed by atoms with van der Waals surface area (Å²) in [5.74, 6) is -0.900. The molecule has 0 aromatic carbocycles. The van der Waals surface area contributed by atoms with Crippen LogP contribution in [-0.2, 0) is 29.7 Å². The number of rotatable bonds is 13. The zero-order valence-electron chi connectivity index (χ0n) is 23.3. The van der Waals surface area contributed by atoms with Gasteiger partial charge in [0.25, 0.3) is 0 Å². The van der Waals surface area contributed by atoms with Gasteiger partial charge in [-0.2, -0.15) is 4.39 Å². The molecule has 1 amide bonds. The SMILES string of the molecule is CCOP(=O)(OCC)OCn1cc(-c2ccnc(F)c2)c2cc(-c3cncc(NC(=O)C=CCN(C)C)c3)cnc21. The molecular formula is C28H32FN6O5P. The molecule has 4 heterocycles.